The number of aliphatic imine (C=N–C) groups is 1. The van der Waals surface area contributed by atoms with Gasteiger partial charge in [0.2, 0.25) is 6.41 Å². The molecule has 0 atom stereocenters. The van der Waals surface area contributed by atoms with E-state index in [1.165, 1.54) is 6.20 Å². The number of nitriles is 1. The third-order valence-electron chi connectivity index (χ3n) is 2.97. The van der Waals surface area contributed by atoms with Gasteiger partial charge >= 0.3 is 0 Å². The second-order valence-electron chi connectivity index (χ2n) is 4.14. The molecule has 18 heavy (non-hydrogen) atoms. The molecular formula is C12H17N5O. The zero-order chi connectivity index (χ0) is 13.4. The van der Waals surface area contributed by atoms with Crippen LogP contribution < -0.4 is 0 Å². The van der Waals surface area contributed by atoms with Crippen LogP contribution in [0.4, 0.5) is 0 Å². The van der Waals surface area contributed by atoms with Crippen LogP contribution in [0.1, 0.15) is 12.8 Å². The average Bonchev–Trinajstić information content (AvgIpc) is 2.43. The summed E-state index contributed by atoms with van der Waals surface area (Å²) in [6.07, 6.45) is 6.72. The molecule has 0 bridgehead atoms. The Labute approximate surface area is 107 Å². The molecule has 0 radical (unpaired) electrons. The molecule has 6 heteroatoms. The van der Waals surface area contributed by atoms with Gasteiger partial charge in [-0.3, -0.25) is 4.79 Å². The van der Waals surface area contributed by atoms with Crippen LogP contribution in [0, 0.1) is 16.7 Å². The van der Waals surface area contributed by atoms with Crippen molar-refractivity contribution in [3.8, 4) is 6.07 Å². The van der Waals surface area contributed by atoms with Crippen LogP contribution in [0.15, 0.2) is 16.8 Å². The van der Waals surface area contributed by atoms with Crippen molar-refractivity contribution in [3.63, 3.8) is 0 Å². The molecule has 0 spiro atoms. The molecular weight excluding hydrogens is 230 g/mol. The Kier molecular flexibility index (Phi) is 5.58. The van der Waals surface area contributed by atoms with Gasteiger partial charge in [-0.1, -0.05) is 0 Å². The molecule has 1 N–H and O–H groups in total. The molecule has 0 aromatic carbocycles. The first kappa shape index (κ1) is 13.9. The number of nitrogens with one attached hydrogen (secondary N) is 1. The van der Waals surface area contributed by atoms with Crippen molar-refractivity contribution < 1.29 is 4.79 Å². The molecule has 0 aromatic heterocycles. The summed E-state index contributed by atoms with van der Waals surface area (Å²) in [5.41, 5.74) is 0.224. The van der Waals surface area contributed by atoms with Gasteiger partial charge in [0.05, 0.1) is 11.9 Å². The van der Waals surface area contributed by atoms with Gasteiger partial charge in [0, 0.05) is 38.6 Å². The van der Waals surface area contributed by atoms with Crippen molar-refractivity contribution in [2.24, 2.45) is 4.99 Å². The van der Waals surface area contributed by atoms with Gasteiger partial charge in [-0.05, 0) is 12.8 Å². The van der Waals surface area contributed by atoms with E-state index in [9.17, 15) is 4.79 Å². The van der Waals surface area contributed by atoms with E-state index in [1.54, 1.807) is 18.3 Å². The SMILES string of the molecule is CN(C=O)C1CCN(C=N/C=C(/C#N)C=N)CC1. The molecule has 1 saturated heterocycles. The molecule has 96 valence electrons. The van der Waals surface area contributed by atoms with Gasteiger partial charge in [-0.15, -0.1) is 0 Å². The lowest BCUT2D eigenvalue weighted by atomic mass is 10.0. The van der Waals surface area contributed by atoms with Crippen molar-refractivity contribution in [2.45, 2.75) is 18.9 Å². The Balaban J connectivity index is 2.43. The molecule has 1 aliphatic rings. The Morgan fingerprint density at radius 3 is 2.72 bits per heavy atom. The summed E-state index contributed by atoms with van der Waals surface area (Å²) >= 11 is 0. The molecule has 1 amide bonds. The molecule has 1 rings (SSSR count). The fourth-order valence-corrected chi connectivity index (χ4v) is 1.80. The Morgan fingerprint density at radius 1 is 1.56 bits per heavy atom. The van der Waals surface area contributed by atoms with Crippen molar-refractivity contribution in [3.05, 3.63) is 11.8 Å². The molecule has 1 heterocycles. The molecule has 6 nitrogen and oxygen atoms in total. The van der Waals surface area contributed by atoms with Gasteiger partial charge in [0.1, 0.15) is 6.07 Å². The van der Waals surface area contributed by atoms with E-state index in [2.05, 4.69) is 4.99 Å². The summed E-state index contributed by atoms with van der Waals surface area (Å²) in [5.74, 6) is 0. The number of piperidine rings is 1. The number of carbonyl (C=O) groups excluding carboxylic acids is 1. The first-order chi connectivity index (χ1) is 8.71. The van der Waals surface area contributed by atoms with Crippen LogP contribution in [0.3, 0.4) is 0 Å². The summed E-state index contributed by atoms with van der Waals surface area (Å²) in [6, 6.07) is 2.16. The molecule has 0 aliphatic carbocycles. The van der Waals surface area contributed by atoms with E-state index in [0.717, 1.165) is 38.6 Å². The van der Waals surface area contributed by atoms with Gasteiger partial charge in [0.25, 0.3) is 0 Å². The van der Waals surface area contributed by atoms with Gasteiger partial charge in [-0.2, -0.15) is 5.26 Å². The maximum absolute atomic E-state index is 10.6. The topological polar surface area (TPSA) is 83.6 Å². The number of nitrogens with zero attached hydrogens (tertiary/aromatic N) is 4. The standard InChI is InChI=1S/C12H17N5O/c1-16(10-18)12-2-4-17(5-3-12)9-15-8-11(6-13)7-14/h6,8-10,12-13H,2-5H2,1H3/b11-8+,13-6?,15-9?. The van der Waals surface area contributed by atoms with Crippen LogP contribution in [0.5, 0.6) is 0 Å². The second kappa shape index (κ2) is 7.22. The van der Waals surface area contributed by atoms with E-state index in [0.29, 0.717) is 6.04 Å². The highest BCUT2D eigenvalue weighted by Crippen LogP contribution is 2.12. The highest BCUT2D eigenvalue weighted by Gasteiger charge is 2.19. The zero-order valence-electron chi connectivity index (χ0n) is 10.4. The number of hydrogen-bond acceptors (Lipinski definition) is 4. The van der Waals surface area contributed by atoms with Crippen LogP contribution >= 0.6 is 0 Å². The van der Waals surface area contributed by atoms with Crippen LogP contribution in [0.25, 0.3) is 0 Å². The molecule has 1 aliphatic heterocycles. The fourth-order valence-electron chi connectivity index (χ4n) is 1.80. The number of carbonyl (C=O) groups is 1. The van der Waals surface area contributed by atoms with Crippen LogP contribution in [-0.4, -0.2) is 54.9 Å². The molecule has 0 aromatic rings. The smallest absolute Gasteiger partial charge is 0.209 e. The molecule has 1 fully saturated rings. The number of likely N-dealkylation sites (tertiary alicyclic amines) is 1. The number of allylic oxidation sites excluding steroid dienone is 1. The minimum absolute atomic E-state index is 0.224. The van der Waals surface area contributed by atoms with E-state index in [1.807, 2.05) is 11.0 Å². The average molecular weight is 247 g/mol. The van der Waals surface area contributed by atoms with E-state index >= 15 is 0 Å². The summed E-state index contributed by atoms with van der Waals surface area (Å²) in [6.45, 7) is 1.68. The first-order valence-corrected chi connectivity index (χ1v) is 5.76. The monoisotopic (exact) mass is 247 g/mol. The van der Waals surface area contributed by atoms with E-state index in [4.69, 9.17) is 10.7 Å². The number of hydrogen-bond donors (Lipinski definition) is 1. The van der Waals surface area contributed by atoms with Crippen molar-refractivity contribution in [1.82, 2.24) is 9.80 Å². The first-order valence-electron chi connectivity index (χ1n) is 5.76. The third kappa shape index (κ3) is 4.01. The van der Waals surface area contributed by atoms with E-state index in [-0.39, 0.29) is 5.57 Å². The van der Waals surface area contributed by atoms with Crippen LogP contribution in [0.2, 0.25) is 0 Å². The zero-order valence-corrected chi connectivity index (χ0v) is 10.4. The van der Waals surface area contributed by atoms with Crippen molar-refractivity contribution in [1.29, 1.82) is 10.7 Å². The summed E-state index contributed by atoms with van der Waals surface area (Å²) in [7, 11) is 1.80. The minimum Gasteiger partial charge on any atom is -0.362 e. The lowest BCUT2D eigenvalue weighted by Gasteiger charge is -2.34. The van der Waals surface area contributed by atoms with Gasteiger partial charge in [-0.25, -0.2) is 4.99 Å². The number of amides is 1. The third-order valence-corrected chi connectivity index (χ3v) is 2.97. The normalized spacial score (nSPS) is 17.6. The quantitative estimate of drug-likeness (QED) is 0.334. The summed E-state index contributed by atoms with van der Waals surface area (Å²) in [4.78, 5) is 18.4. The maximum Gasteiger partial charge on any atom is 0.209 e. The highest BCUT2D eigenvalue weighted by molar-refractivity contribution is 5.81. The highest BCUT2D eigenvalue weighted by atomic mass is 16.1. The Hall–Kier alpha value is -2.16. The van der Waals surface area contributed by atoms with Crippen molar-refractivity contribution in [2.75, 3.05) is 20.1 Å². The van der Waals surface area contributed by atoms with E-state index < -0.39 is 0 Å². The van der Waals surface area contributed by atoms with Gasteiger partial charge < -0.3 is 15.2 Å². The summed E-state index contributed by atoms with van der Waals surface area (Å²) in [5, 5.41) is 15.5. The molecule has 0 saturated carbocycles. The lowest BCUT2D eigenvalue weighted by Crippen LogP contribution is -2.42. The van der Waals surface area contributed by atoms with Crippen LogP contribution in [-0.2, 0) is 4.79 Å². The maximum atomic E-state index is 10.6. The van der Waals surface area contributed by atoms with Crippen molar-refractivity contribution >= 4 is 19.0 Å². The number of rotatable bonds is 5. The largest absolute Gasteiger partial charge is 0.362 e. The Morgan fingerprint density at radius 2 is 2.22 bits per heavy atom. The predicted octanol–water partition coefficient (Wildman–Crippen LogP) is 0.624. The lowest BCUT2D eigenvalue weighted by molar-refractivity contribution is -0.119. The Bertz CT molecular complexity index is 388. The fraction of sp³-hybridized carbons (Fsp3) is 0.500. The second-order valence-corrected chi connectivity index (χ2v) is 4.14. The molecule has 0 unspecified atom stereocenters. The minimum atomic E-state index is 0.224. The summed E-state index contributed by atoms with van der Waals surface area (Å²) < 4.78 is 0. The van der Waals surface area contributed by atoms with Gasteiger partial charge in [0.15, 0.2) is 0 Å². The predicted molar refractivity (Wildman–Crippen MR) is 69.4 cm³/mol.